The molecule has 0 aliphatic rings. The van der Waals surface area contributed by atoms with Crippen molar-refractivity contribution in [2.45, 2.75) is 52.4 Å². The summed E-state index contributed by atoms with van der Waals surface area (Å²) < 4.78 is 1.95. The summed E-state index contributed by atoms with van der Waals surface area (Å²) in [5.41, 5.74) is 4.15. The third kappa shape index (κ3) is 3.01. The average Bonchev–Trinajstić information content (AvgIpc) is 2.92. The van der Waals surface area contributed by atoms with Crippen LogP contribution in [0.4, 0.5) is 0 Å². The summed E-state index contributed by atoms with van der Waals surface area (Å²) in [4.78, 5) is 14.3. The third-order valence-electron chi connectivity index (χ3n) is 4.20. The fourth-order valence-electron chi connectivity index (χ4n) is 2.89. The lowest BCUT2D eigenvalue weighted by Crippen LogP contribution is -2.20. The smallest absolute Gasteiger partial charge is 0.248 e. The molecule has 2 heterocycles. The zero-order valence-electron chi connectivity index (χ0n) is 15.3. The molecule has 126 valence electrons. The second-order valence-corrected chi connectivity index (χ2v) is 8.43. The Hall–Kier alpha value is -2.36. The highest BCUT2D eigenvalue weighted by Crippen LogP contribution is 2.33. The molecule has 0 atom stereocenters. The lowest BCUT2D eigenvalue weighted by Gasteiger charge is -2.24. The fourth-order valence-corrected chi connectivity index (χ4v) is 2.89. The number of fused-ring (bicyclic) bond motifs is 1. The summed E-state index contributed by atoms with van der Waals surface area (Å²) in [7, 11) is 0. The van der Waals surface area contributed by atoms with Crippen LogP contribution in [0.3, 0.4) is 0 Å². The van der Waals surface area contributed by atoms with Gasteiger partial charge in [-0.3, -0.25) is 4.79 Å². The van der Waals surface area contributed by atoms with Gasteiger partial charge in [-0.1, -0.05) is 41.5 Å². The first-order valence-corrected chi connectivity index (χ1v) is 8.30. The Balaban J connectivity index is 2.18. The van der Waals surface area contributed by atoms with Crippen LogP contribution in [-0.2, 0) is 10.8 Å². The Morgan fingerprint density at radius 2 is 1.67 bits per heavy atom. The van der Waals surface area contributed by atoms with Crippen LogP contribution in [0.2, 0.25) is 0 Å². The van der Waals surface area contributed by atoms with E-state index in [2.05, 4.69) is 58.8 Å². The van der Waals surface area contributed by atoms with Gasteiger partial charge in [0.15, 0.2) is 0 Å². The number of pyridine rings is 1. The molecule has 0 unspecified atom stereocenters. The minimum Gasteiger partial charge on any atom is -0.322 e. The van der Waals surface area contributed by atoms with Crippen molar-refractivity contribution in [3.8, 4) is 5.69 Å². The Morgan fingerprint density at radius 1 is 0.958 bits per heavy atom. The minimum absolute atomic E-state index is 0.0179. The van der Waals surface area contributed by atoms with Crippen LogP contribution in [0.15, 0.2) is 41.3 Å². The zero-order chi connectivity index (χ0) is 17.7. The van der Waals surface area contributed by atoms with Gasteiger partial charge in [0.05, 0.1) is 11.4 Å². The first kappa shape index (κ1) is 16.5. The predicted molar refractivity (Wildman–Crippen MR) is 99.1 cm³/mol. The van der Waals surface area contributed by atoms with E-state index in [0.717, 1.165) is 22.3 Å². The van der Waals surface area contributed by atoms with E-state index in [4.69, 9.17) is 5.10 Å². The highest BCUT2D eigenvalue weighted by atomic mass is 16.1. The van der Waals surface area contributed by atoms with Gasteiger partial charge in [-0.25, -0.2) is 4.68 Å². The molecule has 0 bridgehead atoms. The number of benzene rings is 1. The van der Waals surface area contributed by atoms with Gasteiger partial charge in [0.1, 0.15) is 0 Å². The van der Waals surface area contributed by atoms with Crippen LogP contribution in [0.25, 0.3) is 16.6 Å². The van der Waals surface area contributed by atoms with E-state index in [1.54, 1.807) is 6.07 Å². The quantitative estimate of drug-likeness (QED) is 0.725. The molecule has 0 aliphatic carbocycles. The molecule has 0 saturated heterocycles. The van der Waals surface area contributed by atoms with Gasteiger partial charge in [-0.05, 0) is 35.2 Å². The summed E-state index contributed by atoms with van der Waals surface area (Å²) in [5.74, 6) is 0. The molecule has 3 aromatic rings. The van der Waals surface area contributed by atoms with E-state index in [-0.39, 0.29) is 16.4 Å². The standard InChI is InChI=1S/C20H25N3O/c1-19(2,3)15-12-23(22-18(15)20(4,5)6)14-8-9-16-13(11-14)7-10-17(24)21-16/h7-12H,1-6H3,(H,21,24). The third-order valence-corrected chi connectivity index (χ3v) is 4.20. The molecule has 0 radical (unpaired) electrons. The maximum absolute atomic E-state index is 11.4. The number of nitrogens with one attached hydrogen (secondary N) is 1. The van der Waals surface area contributed by atoms with Crippen molar-refractivity contribution in [2.24, 2.45) is 0 Å². The van der Waals surface area contributed by atoms with Crippen molar-refractivity contribution in [1.82, 2.24) is 14.8 Å². The van der Waals surface area contributed by atoms with Gasteiger partial charge in [0.2, 0.25) is 5.56 Å². The molecular formula is C20H25N3O. The number of hydrogen-bond acceptors (Lipinski definition) is 2. The molecule has 0 saturated carbocycles. The van der Waals surface area contributed by atoms with Crippen molar-refractivity contribution in [3.63, 3.8) is 0 Å². The maximum Gasteiger partial charge on any atom is 0.248 e. The number of aromatic nitrogens is 3. The van der Waals surface area contributed by atoms with Gasteiger partial charge in [-0.15, -0.1) is 0 Å². The van der Waals surface area contributed by atoms with E-state index in [9.17, 15) is 4.79 Å². The van der Waals surface area contributed by atoms with Crippen LogP contribution < -0.4 is 5.56 Å². The summed E-state index contributed by atoms with van der Waals surface area (Å²) in [6.07, 6.45) is 2.13. The monoisotopic (exact) mass is 323 g/mol. The molecule has 0 amide bonds. The van der Waals surface area contributed by atoms with E-state index in [1.165, 1.54) is 5.56 Å². The normalized spacial score (nSPS) is 12.8. The van der Waals surface area contributed by atoms with Gasteiger partial charge >= 0.3 is 0 Å². The summed E-state index contributed by atoms with van der Waals surface area (Å²) in [5, 5.41) is 5.88. The number of aromatic amines is 1. The molecule has 0 aliphatic heterocycles. The number of hydrogen-bond donors (Lipinski definition) is 1. The number of H-pyrrole nitrogens is 1. The number of nitrogens with zero attached hydrogens (tertiary/aromatic N) is 2. The first-order valence-electron chi connectivity index (χ1n) is 8.30. The molecule has 0 spiro atoms. The van der Waals surface area contributed by atoms with Gasteiger partial charge in [-0.2, -0.15) is 5.10 Å². The Morgan fingerprint density at radius 3 is 2.25 bits per heavy atom. The number of rotatable bonds is 1. The first-order chi connectivity index (χ1) is 11.1. The highest BCUT2D eigenvalue weighted by molar-refractivity contribution is 5.80. The molecule has 24 heavy (non-hydrogen) atoms. The van der Waals surface area contributed by atoms with Crippen LogP contribution in [0, 0.1) is 0 Å². The van der Waals surface area contributed by atoms with Gasteiger partial charge in [0, 0.05) is 28.6 Å². The topological polar surface area (TPSA) is 50.7 Å². The van der Waals surface area contributed by atoms with E-state index < -0.39 is 0 Å². The Bertz CT molecular complexity index is 918. The lowest BCUT2D eigenvalue weighted by atomic mass is 9.80. The van der Waals surface area contributed by atoms with Crippen molar-refractivity contribution in [3.05, 3.63) is 58.1 Å². The zero-order valence-corrected chi connectivity index (χ0v) is 15.3. The van der Waals surface area contributed by atoms with Crippen LogP contribution in [0.5, 0.6) is 0 Å². The highest BCUT2D eigenvalue weighted by Gasteiger charge is 2.29. The molecule has 3 rings (SSSR count). The molecular weight excluding hydrogens is 298 g/mol. The van der Waals surface area contributed by atoms with Crippen LogP contribution in [0.1, 0.15) is 52.8 Å². The van der Waals surface area contributed by atoms with Crippen molar-refractivity contribution < 1.29 is 0 Å². The molecule has 0 fully saturated rings. The summed E-state index contributed by atoms with van der Waals surface area (Å²) in [6, 6.07) is 9.37. The molecule has 1 aromatic carbocycles. The second-order valence-electron chi connectivity index (χ2n) is 8.43. The molecule has 1 N–H and O–H groups in total. The van der Waals surface area contributed by atoms with E-state index >= 15 is 0 Å². The van der Waals surface area contributed by atoms with Crippen LogP contribution in [-0.4, -0.2) is 14.8 Å². The SMILES string of the molecule is CC(C)(C)c1cn(-c2ccc3[nH]c(=O)ccc3c2)nc1C(C)(C)C. The predicted octanol–water partition coefficient (Wildman–Crippen LogP) is 4.31. The largest absolute Gasteiger partial charge is 0.322 e. The summed E-state index contributed by atoms with van der Waals surface area (Å²) >= 11 is 0. The Labute approximate surface area is 142 Å². The summed E-state index contributed by atoms with van der Waals surface area (Å²) in [6.45, 7) is 13.2. The lowest BCUT2D eigenvalue weighted by molar-refractivity contribution is 0.518. The van der Waals surface area contributed by atoms with Crippen molar-refractivity contribution in [1.29, 1.82) is 0 Å². The van der Waals surface area contributed by atoms with Crippen molar-refractivity contribution >= 4 is 10.9 Å². The van der Waals surface area contributed by atoms with Gasteiger partial charge < -0.3 is 4.98 Å². The molecule has 2 aromatic heterocycles. The average molecular weight is 323 g/mol. The van der Waals surface area contributed by atoms with Gasteiger partial charge in [0.25, 0.3) is 0 Å². The Kier molecular flexibility index (Phi) is 3.67. The maximum atomic E-state index is 11.4. The van der Waals surface area contributed by atoms with E-state index in [0.29, 0.717) is 0 Å². The van der Waals surface area contributed by atoms with Crippen LogP contribution >= 0.6 is 0 Å². The molecule has 4 nitrogen and oxygen atoms in total. The fraction of sp³-hybridized carbons (Fsp3) is 0.400. The molecule has 4 heteroatoms. The van der Waals surface area contributed by atoms with Crippen molar-refractivity contribution in [2.75, 3.05) is 0 Å². The minimum atomic E-state index is -0.0839. The van der Waals surface area contributed by atoms with E-state index in [1.807, 2.05) is 22.9 Å². The second kappa shape index (κ2) is 5.33.